The van der Waals surface area contributed by atoms with E-state index in [0.717, 1.165) is 31.6 Å². The van der Waals surface area contributed by atoms with Crippen LogP contribution in [0.5, 0.6) is 5.75 Å². The predicted molar refractivity (Wildman–Crippen MR) is 93.5 cm³/mol. The Bertz CT molecular complexity index is 562. The number of aryl methyl sites for hydroxylation is 2. The molecule has 0 bridgehead atoms. The van der Waals surface area contributed by atoms with Gasteiger partial charge in [0.25, 0.3) is 0 Å². The standard InChI is InChI=1S/C20H27NO/c1-3-17-10-12-19(13-11-17)22-14-6-8-18(15-21)20-9-5-4-7-16(20)2/h4-5,7,9-13,18H,3,6,8,14-15,21H2,1-2H3. The molecular weight excluding hydrogens is 270 g/mol. The Hall–Kier alpha value is -1.80. The molecule has 1 unspecified atom stereocenters. The topological polar surface area (TPSA) is 35.2 Å². The summed E-state index contributed by atoms with van der Waals surface area (Å²) in [5.41, 5.74) is 10.0. The first-order valence-electron chi connectivity index (χ1n) is 8.22. The van der Waals surface area contributed by atoms with Gasteiger partial charge in [-0.1, -0.05) is 43.3 Å². The van der Waals surface area contributed by atoms with E-state index in [1.165, 1.54) is 16.7 Å². The largest absolute Gasteiger partial charge is 0.494 e. The Morgan fingerprint density at radius 3 is 2.41 bits per heavy atom. The zero-order valence-corrected chi connectivity index (χ0v) is 13.7. The highest BCUT2D eigenvalue weighted by molar-refractivity contribution is 5.29. The highest BCUT2D eigenvalue weighted by atomic mass is 16.5. The summed E-state index contributed by atoms with van der Waals surface area (Å²) in [5, 5.41) is 0. The molecule has 2 N–H and O–H groups in total. The Kier molecular flexibility index (Phi) is 6.47. The second kappa shape index (κ2) is 8.60. The molecule has 1 atom stereocenters. The molecule has 0 aliphatic heterocycles. The van der Waals surface area contributed by atoms with Crippen LogP contribution < -0.4 is 10.5 Å². The average Bonchev–Trinajstić information content (AvgIpc) is 2.56. The first-order chi connectivity index (χ1) is 10.7. The molecular formula is C20H27NO. The van der Waals surface area contributed by atoms with Crippen LogP contribution in [0.1, 0.15) is 42.4 Å². The quantitative estimate of drug-likeness (QED) is 0.730. The van der Waals surface area contributed by atoms with Crippen molar-refractivity contribution in [3.63, 3.8) is 0 Å². The summed E-state index contributed by atoms with van der Waals surface area (Å²) in [7, 11) is 0. The van der Waals surface area contributed by atoms with Gasteiger partial charge in [0.2, 0.25) is 0 Å². The SMILES string of the molecule is CCc1ccc(OCCCC(CN)c2ccccc2C)cc1. The van der Waals surface area contributed by atoms with Crippen molar-refractivity contribution >= 4 is 0 Å². The van der Waals surface area contributed by atoms with Gasteiger partial charge < -0.3 is 10.5 Å². The number of nitrogens with two attached hydrogens (primary N) is 1. The van der Waals surface area contributed by atoms with Crippen LogP contribution in [0, 0.1) is 6.92 Å². The van der Waals surface area contributed by atoms with Gasteiger partial charge in [-0.3, -0.25) is 0 Å². The minimum atomic E-state index is 0.423. The van der Waals surface area contributed by atoms with Gasteiger partial charge in [0.15, 0.2) is 0 Å². The molecule has 0 aromatic heterocycles. The molecule has 2 aromatic rings. The van der Waals surface area contributed by atoms with Crippen LogP contribution in [0.15, 0.2) is 48.5 Å². The van der Waals surface area contributed by atoms with E-state index in [1.54, 1.807) is 0 Å². The minimum Gasteiger partial charge on any atom is -0.494 e. The molecule has 2 rings (SSSR count). The third-order valence-electron chi connectivity index (χ3n) is 4.21. The Morgan fingerprint density at radius 1 is 1.05 bits per heavy atom. The number of benzene rings is 2. The summed E-state index contributed by atoms with van der Waals surface area (Å²) in [6.45, 7) is 5.75. The summed E-state index contributed by atoms with van der Waals surface area (Å²) < 4.78 is 5.83. The fourth-order valence-corrected chi connectivity index (χ4v) is 2.79. The number of rotatable bonds is 8. The van der Waals surface area contributed by atoms with Gasteiger partial charge in [-0.05, 0) is 67.5 Å². The van der Waals surface area contributed by atoms with E-state index in [2.05, 4.69) is 62.4 Å². The number of hydrogen-bond donors (Lipinski definition) is 1. The van der Waals surface area contributed by atoms with Crippen molar-refractivity contribution in [1.82, 2.24) is 0 Å². The first-order valence-corrected chi connectivity index (χ1v) is 8.22. The first kappa shape index (κ1) is 16.6. The molecule has 0 amide bonds. The van der Waals surface area contributed by atoms with Crippen LogP contribution in [0.3, 0.4) is 0 Å². The lowest BCUT2D eigenvalue weighted by Crippen LogP contribution is -2.14. The molecule has 22 heavy (non-hydrogen) atoms. The molecule has 0 heterocycles. The van der Waals surface area contributed by atoms with Crippen molar-refractivity contribution in [2.24, 2.45) is 5.73 Å². The molecule has 0 saturated carbocycles. The number of hydrogen-bond acceptors (Lipinski definition) is 2. The Morgan fingerprint density at radius 2 is 1.77 bits per heavy atom. The minimum absolute atomic E-state index is 0.423. The third-order valence-corrected chi connectivity index (χ3v) is 4.21. The van der Waals surface area contributed by atoms with Crippen LogP contribution in [-0.4, -0.2) is 13.2 Å². The summed E-state index contributed by atoms with van der Waals surface area (Å²) in [6.07, 6.45) is 3.15. The average molecular weight is 297 g/mol. The smallest absolute Gasteiger partial charge is 0.119 e. The zero-order valence-electron chi connectivity index (χ0n) is 13.7. The lowest BCUT2D eigenvalue weighted by Gasteiger charge is -2.17. The summed E-state index contributed by atoms with van der Waals surface area (Å²) in [6, 6.07) is 16.9. The lowest BCUT2D eigenvalue weighted by molar-refractivity contribution is 0.301. The van der Waals surface area contributed by atoms with Gasteiger partial charge in [0, 0.05) is 0 Å². The van der Waals surface area contributed by atoms with Crippen molar-refractivity contribution in [2.75, 3.05) is 13.2 Å². The van der Waals surface area contributed by atoms with E-state index in [0.29, 0.717) is 12.5 Å². The van der Waals surface area contributed by atoms with Gasteiger partial charge in [-0.15, -0.1) is 0 Å². The highest BCUT2D eigenvalue weighted by Gasteiger charge is 2.11. The molecule has 0 aliphatic rings. The lowest BCUT2D eigenvalue weighted by atomic mass is 9.91. The second-order valence-corrected chi connectivity index (χ2v) is 5.78. The van der Waals surface area contributed by atoms with Gasteiger partial charge >= 0.3 is 0 Å². The fourth-order valence-electron chi connectivity index (χ4n) is 2.79. The molecule has 2 heteroatoms. The summed E-state index contributed by atoms with van der Waals surface area (Å²) in [4.78, 5) is 0. The molecule has 0 radical (unpaired) electrons. The maximum Gasteiger partial charge on any atom is 0.119 e. The van der Waals surface area contributed by atoms with E-state index < -0.39 is 0 Å². The van der Waals surface area contributed by atoms with Crippen LogP contribution in [0.25, 0.3) is 0 Å². The molecule has 2 aromatic carbocycles. The van der Waals surface area contributed by atoms with E-state index in [9.17, 15) is 0 Å². The van der Waals surface area contributed by atoms with E-state index in [1.807, 2.05) is 0 Å². The molecule has 2 nitrogen and oxygen atoms in total. The molecule has 0 fully saturated rings. The van der Waals surface area contributed by atoms with E-state index in [-0.39, 0.29) is 0 Å². The van der Waals surface area contributed by atoms with Crippen LogP contribution in [0.2, 0.25) is 0 Å². The second-order valence-electron chi connectivity index (χ2n) is 5.78. The normalized spacial score (nSPS) is 12.1. The van der Waals surface area contributed by atoms with Gasteiger partial charge in [0.05, 0.1) is 6.61 Å². The Labute approximate surface area is 134 Å². The predicted octanol–water partition coefficient (Wildman–Crippen LogP) is 4.46. The van der Waals surface area contributed by atoms with Gasteiger partial charge in [-0.2, -0.15) is 0 Å². The molecule has 0 saturated heterocycles. The molecule has 118 valence electrons. The van der Waals surface area contributed by atoms with Crippen molar-refractivity contribution in [1.29, 1.82) is 0 Å². The monoisotopic (exact) mass is 297 g/mol. The fraction of sp³-hybridized carbons (Fsp3) is 0.400. The summed E-state index contributed by atoms with van der Waals surface area (Å²) in [5.74, 6) is 1.38. The van der Waals surface area contributed by atoms with E-state index in [4.69, 9.17) is 10.5 Å². The highest BCUT2D eigenvalue weighted by Crippen LogP contribution is 2.23. The summed E-state index contributed by atoms with van der Waals surface area (Å²) >= 11 is 0. The maximum atomic E-state index is 5.96. The Balaban J connectivity index is 1.80. The van der Waals surface area contributed by atoms with E-state index >= 15 is 0 Å². The molecule has 0 spiro atoms. The van der Waals surface area contributed by atoms with Gasteiger partial charge in [0.1, 0.15) is 5.75 Å². The number of ether oxygens (including phenoxy) is 1. The van der Waals surface area contributed by atoms with Crippen LogP contribution in [0.4, 0.5) is 0 Å². The molecule has 0 aliphatic carbocycles. The van der Waals surface area contributed by atoms with Crippen molar-refractivity contribution in [2.45, 2.75) is 39.0 Å². The van der Waals surface area contributed by atoms with Crippen molar-refractivity contribution in [3.8, 4) is 5.75 Å². The van der Waals surface area contributed by atoms with Gasteiger partial charge in [-0.25, -0.2) is 0 Å². The third kappa shape index (κ3) is 4.60. The van der Waals surface area contributed by atoms with Crippen LogP contribution >= 0.6 is 0 Å². The van der Waals surface area contributed by atoms with Crippen molar-refractivity contribution in [3.05, 3.63) is 65.2 Å². The van der Waals surface area contributed by atoms with Crippen molar-refractivity contribution < 1.29 is 4.74 Å². The maximum absolute atomic E-state index is 5.96. The zero-order chi connectivity index (χ0) is 15.8. The van der Waals surface area contributed by atoms with Crippen LogP contribution in [-0.2, 0) is 6.42 Å².